The third-order valence-electron chi connectivity index (χ3n) is 9.40. The van der Waals surface area contributed by atoms with Crippen LogP contribution in [0.2, 0.25) is 0 Å². The highest BCUT2D eigenvalue weighted by Gasteiger charge is 2.73. The quantitative estimate of drug-likeness (QED) is 0.0546. The molecule has 71 heavy (non-hydrogen) atoms. The first kappa shape index (κ1) is 56.9. The van der Waals surface area contributed by atoms with Gasteiger partial charge in [-0.15, -0.1) is 0 Å². The van der Waals surface area contributed by atoms with Crippen LogP contribution in [-0.2, 0) is 40.4 Å². The number of Topliss-reactive ketones (excluding diaryl/α,β-unsaturated/α-hetero) is 3. The lowest BCUT2D eigenvalue weighted by Crippen LogP contribution is -2.52. The summed E-state index contributed by atoms with van der Waals surface area (Å²) in [6.45, 7) is 4.75. The van der Waals surface area contributed by atoms with Crippen LogP contribution in [0.1, 0.15) is 51.8 Å². The SMILES string of the molecule is CC(=O)c1ccc(Sc2ccc([S+](c3ccc(Sc4ccc(C(C)=O)cc4)cc3)c3ccc(Sc4ccc(C(C)=O)cc4)cc3)cc2)cc1.O=S(=O)(C(S(=O)(=O)C(F)(F)F)S(=O)(=O)C(F)(F)F)C(F)(F)F. The van der Waals surface area contributed by atoms with Gasteiger partial charge in [0.2, 0.25) is 0 Å². The van der Waals surface area contributed by atoms with Gasteiger partial charge >= 0.3 is 16.5 Å². The zero-order valence-electron chi connectivity index (χ0n) is 36.4. The van der Waals surface area contributed by atoms with E-state index in [1.807, 2.05) is 72.8 Å². The number of rotatable bonds is 15. The maximum atomic E-state index is 12.1. The molecule has 0 N–H and O–H groups in total. The molecule has 0 heterocycles. The monoisotopic (exact) mass is 1130 g/mol. The van der Waals surface area contributed by atoms with E-state index in [9.17, 15) is 79.2 Å². The molecule has 376 valence electrons. The van der Waals surface area contributed by atoms with Gasteiger partial charge in [0.25, 0.3) is 33.4 Å². The maximum Gasteiger partial charge on any atom is 0.499 e. The van der Waals surface area contributed by atoms with E-state index in [1.165, 1.54) is 14.7 Å². The fourth-order valence-corrected chi connectivity index (χ4v) is 17.0. The van der Waals surface area contributed by atoms with E-state index in [1.54, 1.807) is 56.1 Å². The van der Waals surface area contributed by atoms with Crippen molar-refractivity contribution < 1.29 is 79.2 Å². The first-order valence-electron chi connectivity index (χ1n) is 19.6. The van der Waals surface area contributed by atoms with Crippen molar-refractivity contribution in [3.8, 4) is 0 Å². The van der Waals surface area contributed by atoms with Gasteiger partial charge in [-0.05, 0) is 130 Å². The smallest absolute Gasteiger partial charge is 0.295 e. The van der Waals surface area contributed by atoms with Crippen molar-refractivity contribution in [3.05, 3.63) is 162 Å². The summed E-state index contributed by atoms with van der Waals surface area (Å²) in [6, 6.07) is 49.5. The van der Waals surface area contributed by atoms with Crippen LogP contribution in [0.3, 0.4) is 0 Å². The van der Waals surface area contributed by atoms with Crippen molar-refractivity contribution in [3.63, 3.8) is 0 Å². The lowest BCUT2D eigenvalue weighted by molar-refractivity contribution is -0.0490. The van der Waals surface area contributed by atoms with Crippen molar-refractivity contribution in [2.24, 2.45) is 0 Å². The highest BCUT2D eigenvalue weighted by Crippen LogP contribution is 2.43. The molecule has 6 aromatic carbocycles. The number of carbonyl (C=O) groups excluding carboxylic acids is 3. The van der Waals surface area contributed by atoms with E-state index in [2.05, 4.69) is 72.8 Å². The molecule has 0 aliphatic rings. The molecule has 0 spiro atoms. The summed E-state index contributed by atoms with van der Waals surface area (Å²) in [4.78, 5) is 45.4. The van der Waals surface area contributed by atoms with Crippen molar-refractivity contribution in [2.45, 2.75) is 85.3 Å². The van der Waals surface area contributed by atoms with Crippen LogP contribution >= 0.6 is 35.3 Å². The molecule has 0 atom stereocenters. The van der Waals surface area contributed by atoms with Crippen molar-refractivity contribution in [2.75, 3.05) is 0 Å². The second kappa shape index (κ2) is 22.4. The topological polar surface area (TPSA) is 154 Å². The first-order valence-corrected chi connectivity index (χ1v) is 28.0. The Labute approximate surface area is 417 Å². The Hall–Kier alpha value is -5.05. The summed E-state index contributed by atoms with van der Waals surface area (Å²) >= 11 is 5.04. The molecule has 0 saturated carbocycles. The number of hydrogen-bond acceptors (Lipinski definition) is 12. The Bertz CT molecular complexity index is 2870. The summed E-state index contributed by atoms with van der Waals surface area (Å²) in [6.07, 6.45) is 0. The summed E-state index contributed by atoms with van der Waals surface area (Å²) in [5.74, 6) is 0.202. The molecule has 0 aliphatic heterocycles. The van der Waals surface area contributed by atoms with Gasteiger partial charge in [-0.2, -0.15) is 39.5 Å². The molecular weight excluding hydrogens is 1090 g/mol. The van der Waals surface area contributed by atoms with Crippen LogP contribution in [-0.4, -0.2) is 63.0 Å². The molecule has 0 aliphatic carbocycles. The highest BCUT2D eigenvalue weighted by atomic mass is 32.3. The third-order valence-corrected chi connectivity index (χ3v) is 22.7. The normalized spacial score (nSPS) is 12.6. The predicted octanol–water partition coefficient (Wildman–Crippen LogP) is 12.9. The van der Waals surface area contributed by atoms with Gasteiger partial charge in [0.15, 0.2) is 32.0 Å². The van der Waals surface area contributed by atoms with Gasteiger partial charge in [-0.3, -0.25) is 14.4 Å². The van der Waals surface area contributed by atoms with Gasteiger partial charge in [-0.25, -0.2) is 25.3 Å². The molecule has 0 unspecified atom stereocenters. The van der Waals surface area contributed by atoms with Crippen molar-refractivity contribution in [1.29, 1.82) is 0 Å². The second-order valence-corrected chi connectivity index (χ2v) is 27.0. The van der Waals surface area contributed by atoms with Gasteiger partial charge in [0, 0.05) is 46.1 Å². The molecular formula is C46H34F9O9S7+. The first-order chi connectivity index (χ1) is 32.8. The molecule has 0 aromatic heterocycles. The van der Waals surface area contributed by atoms with E-state index >= 15 is 0 Å². The number of sulfone groups is 3. The Balaban J connectivity index is 0.000000360. The predicted molar refractivity (Wildman–Crippen MR) is 252 cm³/mol. The Kier molecular flexibility index (Phi) is 17.9. The third kappa shape index (κ3) is 13.9. The average molecular weight is 1130 g/mol. The zero-order valence-corrected chi connectivity index (χ0v) is 42.1. The molecule has 6 aromatic rings. The Morgan fingerprint density at radius 2 is 0.521 bits per heavy atom. The fourth-order valence-electron chi connectivity index (χ4n) is 5.85. The number of alkyl halides is 9. The summed E-state index contributed by atoms with van der Waals surface area (Å²) < 4.78 is 167. The van der Waals surface area contributed by atoms with Gasteiger partial charge in [-0.1, -0.05) is 71.7 Å². The average Bonchev–Trinajstić information content (AvgIpc) is 3.27. The molecule has 9 nitrogen and oxygen atoms in total. The number of carbonyl (C=O) groups is 3. The van der Waals surface area contributed by atoms with E-state index in [0.29, 0.717) is 16.7 Å². The van der Waals surface area contributed by atoms with Gasteiger partial charge in [0.1, 0.15) is 0 Å². The van der Waals surface area contributed by atoms with Gasteiger partial charge in [0.05, 0.1) is 10.9 Å². The van der Waals surface area contributed by atoms with Crippen LogP contribution in [0.15, 0.2) is 190 Å². The Morgan fingerprint density at radius 3 is 0.676 bits per heavy atom. The minimum Gasteiger partial charge on any atom is -0.295 e. The summed E-state index contributed by atoms with van der Waals surface area (Å²) in [5.41, 5.74) is -18.9. The number of ketones is 3. The maximum absolute atomic E-state index is 12.1. The number of benzene rings is 6. The van der Waals surface area contributed by atoms with Crippen LogP contribution in [0.5, 0.6) is 0 Å². The fraction of sp³-hybridized carbons (Fsp3) is 0.152. The van der Waals surface area contributed by atoms with Crippen LogP contribution in [0.25, 0.3) is 0 Å². The van der Waals surface area contributed by atoms with Crippen LogP contribution < -0.4 is 0 Å². The van der Waals surface area contributed by atoms with E-state index in [-0.39, 0.29) is 28.2 Å². The van der Waals surface area contributed by atoms with E-state index in [0.717, 1.165) is 29.4 Å². The molecule has 0 radical (unpaired) electrons. The second-order valence-electron chi connectivity index (χ2n) is 14.5. The van der Waals surface area contributed by atoms with Crippen LogP contribution in [0, 0.1) is 0 Å². The standard InChI is InChI=1S/C42H33O3S4.C4HF9O6S3/c1-28(43)31-4-10-34(11-5-31)46-37-16-22-40(23-17-37)49(41-24-18-38(19-25-41)47-35-12-6-32(7-13-35)29(2)44)42-26-20-39(21-27-42)48-36-14-8-33(9-15-36)30(3)45;5-2(6,7)20(14,15)1(21(16,17)3(8,9)10)22(18,19)4(11,12)13/h4-27H,1-3H3;1H/q+1;. The molecule has 0 amide bonds. The summed E-state index contributed by atoms with van der Waals surface area (Å²) in [5, 5.41) is 0. The zero-order chi connectivity index (χ0) is 52.9. The lowest BCUT2D eigenvalue weighted by atomic mass is 10.2. The molecule has 0 bridgehead atoms. The molecule has 0 saturated heterocycles. The highest BCUT2D eigenvalue weighted by molar-refractivity contribution is 8.24. The summed E-state index contributed by atoms with van der Waals surface area (Å²) in [7, 11) is -24.2. The van der Waals surface area contributed by atoms with E-state index in [4.69, 9.17) is 0 Å². The number of hydrogen-bond donors (Lipinski definition) is 0. The lowest BCUT2D eigenvalue weighted by Gasteiger charge is -2.21. The molecule has 25 heteroatoms. The largest absolute Gasteiger partial charge is 0.499 e. The molecule has 6 rings (SSSR count). The minimum atomic E-state index is -7.94. The molecule has 0 fully saturated rings. The van der Waals surface area contributed by atoms with Crippen molar-refractivity contribution in [1.82, 2.24) is 0 Å². The number of halogens is 9. The van der Waals surface area contributed by atoms with E-state index < -0.39 is 50.0 Å². The van der Waals surface area contributed by atoms with Crippen LogP contribution in [0.4, 0.5) is 39.5 Å². The van der Waals surface area contributed by atoms with Gasteiger partial charge < -0.3 is 0 Å². The van der Waals surface area contributed by atoms with Crippen molar-refractivity contribution >= 4 is 93.0 Å². The minimum absolute atomic E-state index is 0.0674. The Morgan fingerprint density at radius 1 is 0.352 bits per heavy atom.